The number of azide groups is 1. The number of ether oxygens (including phenoxy) is 2. The summed E-state index contributed by atoms with van der Waals surface area (Å²) in [6.45, 7) is 3.65. The van der Waals surface area contributed by atoms with Gasteiger partial charge < -0.3 is 9.47 Å². The minimum absolute atomic E-state index is 0.141. The standard InChI is InChI=1S/C11H15N3O3S/c1-11(2,7-13-14-12)17-9(10(15)16-3)8-5-4-6-18-8/h4-6,9H,7H2,1-3H3. The number of rotatable bonds is 6. The van der Waals surface area contributed by atoms with Crippen molar-refractivity contribution in [1.82, 2.24) is 0 Å². The normalized spacial score (nSPS) is 12.6. The smallest absolute Gasteiger partial charge is 0.340 e. The predicted molar refractivity (Wildman–Crippen MR) is 68.3 cm³/mol. The Morgan fingerprint density at radius 2 is 2.39 bits per heavy atom. The van der Waals surface area contributed by atoms with Crippen LogP contribution in [0.4, 0.5) is 0 Å². The average molecular weight is 269 g/mol. The lowest BCUT2D eigenvalue weighted by Gasteiger charge is -2.27. The molecule has 0 saturated heterocycles. The van der Waals surface area contributed by atoms with Crippen LogP contribution in [0.3, 0.4) is 0 Å². The van der Waals surface area contributed by atoms with Crippen LogP contribution in [-0.2, 0) is 14.3 Å². The molecule has 0 aliphatic carbocycles. The molecule has 1 atom stereocenters. The molecule has 0 saturated carbocycles. The molecular formula is C11H15N3O3S. The molecule has 0 amide bonds. The summed E-state index contributed by atoms with van der Waals surface area (Å²) in [6, 6.07) is 3.63. The molecule has 7 heteroatoms. The number of esters is 1. The van der Waals surface area contributed by atoms with Gasteiger partial charge in [0.05, 0.1) is 19.3 Å². The van der Waals surface area contributed by atoms with Crippen molar-refractivity contribution in [3.05, 3.63) is 32.8 Å². The molecule has 1 heterocycles. The van der Waals surface area contributed by atoms with Gasteiger partial charge in [-0.1, -0.05) is 11.2 Å². The zero-order valence-corrected chi connectivity index (χ0v) is 11.3. The highest BCUT2D eigenvalue weighted by Crippen LogP contribution is 2.28. The van der Waals surface area contributed by atoms with E-state index < -0.39 is 17.7 Å². The van der Waals surface area contributed by atoms with E-state index in [-0.39, 0.29) is 6.54 Å². The Kier molecular flexibility index (Phi) is 5.15. The first-order valence-corrected chi connectivity index (χ1v) is 6.18. The van der Waals surface area contributed by atoms with Gasteiger partial charge in [0.2, 0.25) is 0 Å². The van der Waals surface area contributed by atoms with Crippen molar-refractivity contribution in [3.8, 4) is 0 Å². The highest BCUT2D eigenvalue weighted by molar-refractivity contribution is 7.10. The molecule has 0 N–H and O–H groups in total. The van der Waals surface area contributed by atoms with Crippen molar-refractivity contribution in [2.75, 3.05) is 13.7 Å². The molecule has 1 rings (SSSR count). The van der Waals surface area contributed by atoms with Gasteiger partial charge in [-0.15, -0.1) is 11.3 Å². The van der Waals surface area contributed by atoms with Crippen LogP contribution in [0.1, 0.15) is 24.8 Å². The number of nitrogens with zero attached hydrogens (tertiary/aromatic N) is 3. The van der Waals surface area contributed by atoms with Crippen LogP contribution in [0.5, 0.6) is 0 Å². The Labute approximate surface area is 109 Å². The minimum atomic E-state index is -0.793. The lowest BCUT2D eigenvalue weighted by molar-refractivity contribution is -0.164. The van der Waals surface area contributed by atoms with Crippen LogP contribution in [0.2, 0.25) is 0 Å². The first-order valence-electron chi connectivity index (χ1n) is 5.30. The third-order valence-electron chi connectivity index (χ3n) is 2.17. The molecule has 1 unspecified atom stereocenters. The number of hydrogen-bond acceptors (Lipinski definition) is 5. The Morgan fingerprint density at radius 1 is 1.67 bits per heavy atom. The molecule has 0 fully saturated rings. The van der Waals surface area contributed by atoms with Crippen molar-refractivity contribution in [2.45, 2.75) is 25.6 Å². The van der Waals surface area contributed by atoms with Gasteiger partial charge in [0.15, 0.2) is 6.10 Å². The molecule has 0 aliphatic heterocycles. The van der Waals surface area contributed by atoms with Crippen LogP contribution in [0.15, 0.2) is 22.6 Å². The van der Waals surface area contributed by atoms with E-state index in [1.165, 1.54) is 18.4 Å². The maximum atomic E-state index is 11.7. The van der Waals surface area contributed by atoms with Gasteiger partial charge in [-0.2, -0.15) is 0 Å². The number of carbonyl (C=O) groups excluding carboxylic acids is 1. The Balaban J connectivity index is 2.85. The zero-order chi connectivity index (χ0) is 13.6. The molecule has 0 bridgehead atoms. The van der Waals surface area contributed by atoms with Gasteiger partial charge in [-0.3, -0.25) is 0 Å². The largest absolute Gasteiger partial charge is 0.467 e. The molecular weight excluding hydrogens is 254 g/mol. The third-order valence-corrected chi connectivity index (χ3v) is 3.08. The second-order valence-electron chi connectivity index (χ2n) is 4.19. The fourth-order valence-electron chi connectivity index (χ4n) is 1.33. The summed E-state index contributed by atoms with van der Waals surface area (Å²) >= 11 is 1.41. The summed E-state index contributed by atoms with van der Waals surface area (Å²) in [5, 5.41) is 5.33. The molecule has 0 spiro atoms. The fourth-order valence-corrected chi connectivity index (χ4v) is 2.07. The van der Waals surface area contributed by atoms with E-state index >= 15 is 0 Å². The average Bonchev–Trinajstić information content (AvgIpc) is 2.86. The van der Waals surface area contributed by atoms with Crippen molar-refractivity contribution in [1.29, 1.82) is 0 Å². The first kappa shape index (κ1) is 14.5. The molecule has 6 nitrogen and oxygen atoms in total. The van der Waals surface area contributed by atoms with Crippen LogP contribution >= 0.6 is 11.3 Å². The highest BCUT2D eigenvalue weighted by atomic mass is 32.1. The molecule has 18 heavy (non-hydrogen) atoms. The zero-order valence-electron chi connectivity index (χ0n) is 10.5. The Morgan fingerprint density at radius 3 is 2.89 bits per heavy atom. The highest BCUT2D eigenvalue weighted by Gasteiger charge is 2.30. The molecule has 1 aromatic heterocycles. The second kappa shape index (κ2) is 6.39. The Bertz CT molecular complexity index is 438. The first-order chi connectivity index (χ1) is 8.50. The van der Waals surface area contributed by atoms with Crippen LogP contribution in [-0.4, -0.2) is 25.2 Å². The van der Waals surface area contributed by atoms with Crippen molar-refractivity contribution >= 4 is 17.3 Å². The van der Waals surface area contributed by atoms with E-state index in [0.29, 0.717) is 0 Å². The van der Waals surface area contributed by atoms with E-state index in [4.69, 9.17) is 15.0 Å². The van der Waals surface area contributed by atoms with E-state index in [1.54, 1.807) is 19.9 Å². The summed E-state index contributed by atoms with van der Waals surface area (Å²) in [4.78, 5) is 15.2. The molecule has 0 radical (unpaired) electrons. The van der Waals surface area contributed by atoms with Gasteiger partial charge in [0.25, 0.3) is 0 Å². The summed E-state index contributed by atoms with van der Waals surface area (Å²) < 4.78 is 10.4. The number of carbonyl (C=O) groups is 1. The summed E-state index contributed by atoms with van der Waals surface area (Å²) in [7, 11) is 1.31. The maximum Gasteiger partial charge on any atom is 0.340 e. The summed E-state index contributed by atoms with van der Waals surface area (Å²) in [5.74, 6) is -0.466. The van der Waals surface area contributed by atoms with Gasteiger partial charge in [0, 0.05) is 9.79 Å². The SMILES string of the molecule is COC(=O)C(OC(C)(C)CN=[N+]=[N-])c1cccs1. The molecule has 0 aromatic carbocycles. The van der Waals surface area contributed by atoms with Gasteiger partial charge >= 0.3 is 5.97 Å². The third kappa shape index (κ3) is 4.03. The quantitative estimate of drug-likeness (QED) is 0.344. The summed E-state index contributed by atoms with van der Waals surface area (Å²) in [5.41, 5.74) is 7.58. The second-order valence-corrected chi connectivity index (χ2v) is 5.16. The van der Waals surface area contributed by atoms with E-state index in [1.807, 2.05) is 11.4 Å². The van der Waals surface area contributed by atoms with Gasteiger partial charge in [-0.05, 0) is 30.8 Å². The van der Waals surface area contributed by atoms with Gasteiger partial charge in [-0.25, -0.2) is 4.79 Å². The predicted octanol–water partition coefficient (Wildman–Crippen LogP) is 3.07. The summed E-state index contributed by atoms with van der Waals surface area (Å²) in [6.07, 6.45) is -0.793. The van der Waals surface area contributed by atoms with Gasteiger partial charge in [0.1, 0.15) is 0 Å². The fraction of sp³-hybridized carbons (Fsp3) is 0.545. The number of hydrogen-bond donors (Lipinski definition) is 0. The molecule has 1 aromatic rings. The van der Waals surface area contributed by atoms with Crippen LogP contribution in [0.25, 0.3) is 10.4 Å². The van der Waals surface area contributed by atoms with Crippen LogP contribution in [0, 0.1) is 0 Å². The maximum absolute atomic E-state index is 11.7. The van der Waals surface area contributed by atoms with Crippen molar-refractivity contribution in [3.63, 3.8) is 0 Å². The number of thiophene rings is 1. The molecule has 0 aliphatic rings. The topological polar surface area (TPSA) is 84.3 Å². The van der Waals surface area contributed by atoms with Crippen molar-refractivity contribution < 1.29 is 14.3 Å². The monoisotopic (exact) mass is 269 g/mol. The Hall–Kier alpha value is -1.56. The van der Waals surface area contributed by atoms with Crippen LogP contribution < -0.4 is 0 Å². The number of methoxy groups -OCH3 is 1. The minimum Gasteiger partial charge on any atom is -0.467 e. The van der Waals surface area contributed by atoms with Crippen molar-refractivity contribution in [2.24, 2.45) is 5.11 Å². The lowest BCUT2D eigenvalue weighted by Crippen LogP contribution is -2.33. The van der Waals surface area contributed by atoms with E-state index in [0.717, 1.165) is 4.88 Å². The lowest BCUT2D eigenvalue weighted by atomic mass is 10.1. The van der Waals surface area contributed by atoms with E-state index in [9.17, 15) is 4.79 Å². The van der Waals surface area contributed by atoms with E-state index in [2.05, 4.69) is 10.0 Å². The molecule has 98 valence electrons.